The average molecular weight is 341 g/mol. The van der Waals surface area contributed by atoms with E-state index in [1.807, 2.05) is 0 Å². The Labute approximate surface area is 132 Å². The maximum absolute atomic E-state index is 4.59. The van der Waals surface area contributed by atoms with Gasteiger partial charge in [0.1, 0.15) is 0 Å². The van der Waals surface area contributed by atoms with Crippen molar-refractivity contribution in [1.29, 1.82) is 0 Å². The molecule has 0 bridgehead atoms. The number of alkyl halides is 1. The van der Waals surface area contributed by atoms with Crippen LogP contribution in [-0.4, -0.2) is 14.6 Å². The Hall–Kier alpha value is -0.310. The first-order valence-electron chi connectivity index (χ1n) is 7.97. The molecule has 0 aromatic carbocycles. The van der Waals surface area contributed by atoms with E-state index in [1.165, 1.54) is 30.7 Å². The van der Waals surface area contributed by atoms with Crippen LogP contribution in [0.3, 0.4) is 0 Å². The van der Waals surface area contributed by atoms with Gasteiger partial charge in [-0.3, -0.25) is 4.68 Å². The van der Waals surface area contributed by atoms with E-state index in [0.717, 1.165) is 24.7 Å². The van der Waals surface area contributed by atoms with Gasteiger partial charge in [0, 0.05) is 17.6 Å². The van der Waals surface area contributed by atoms with Crippen LogP contribution in [0.25, 0.3) is 0 Å². The third-order valence-corrected chi connectivity index (χ3v) is 6.18. The van der Waals surface area contributed by atoms with E-state index >= 15 is 0 Å². The molecule has 1 saturated carbocycles. The van der Waals surface area contributed by atoms with Crippen LogP contribution >= 0.6 is 15.9 Å². The Morgan fingerprint density at radius 2 is 2.05 bits per heavy atom. The molecule has 0 saturated heterocycles. The fraction of sp³-hybridized carbons (Fsp3) is 0.824. The Bertz CT molecular complexity index is 444. The van der Waals surface area contributed by atoms with Crippen LogP contribution in [0.1, 0.15) is 58.3 Å². The molecule has 20 heavy (non-hydrogen) atoms. The number of hydrogen-bond acceptors (Lipinski definition) is 1. The highest BCUT2D eigenvalue weighted by Gasteiger charge is 2.35. The first-order valence-corrected chi connectivity index (χ1v) is 8.88. The summed E-state index contributed by atoms with van der Waals surface area (Å²) in [5.41, 5.74) is 3.05. The molecule has 0 N–H and O–H groups in total. The van der Waals surface area contributed by atoms with Gasteiger partial charge in [0.2, 0.25) is 0 Å². The van der Waals surface area contributed by atoms with E-state index in [9.17, 15) is 0 Å². The SMILES string of the molecule is CCc1cc(CC2CC(C(C)(C)C)CCC2Br)n(C)n1. The van der Waals surface area contributed by atoms with Gasteiger partial charge in [-0.25, -0.2) is 0 Å². The zero-order valence-electron chi connectivity index (χ0n) is 13.6. The second-order valence-corrected chi connectivity index (χ2v) is 8.64. The second-order valence-electron chi connectivity index (χ2n) is 7.46. The van der Waals surface area contributed by atoms with Gasteiger partial charge in [-0.15, -0.1) is 0 Å². The van der Waals surface area contributed by atoms with Crippen molar-refractivity contribution in [3.05, 3.63) is 17.5 Å². The summed E-state index contributed by atoms with van der Waals surface area (Å²) in [6.45, 7) is 9.35. The third-order valence-electron chi connectivity index (χ3n) is 4.98. The van der Waals surface area contributed by atoms with Crippen LogP contribution in [0.5, 0.6) is 0 Å². The lowest BCUT2D eigenvalue weighted by Crippen LogP contribution is -2.33. The molecule has 1 aromatic heterocycles. The van der Waals surface area contributed by atoms with Gasteiger partial charge in [0.25, 0.3) is 0 Å². The summed E-state index contributed by atoms with van der Waals surface area (Å²) in [6, 6.07) is 2.29. The van der Waals surface area contributed by atoms with Gasteiger partial charge >= 0.3 is 0 Å². The summed E-state index contributed by atoms with van der Waals surface area (Å²) in [7, 11) is 2.09. The normalized spacial score (nSPS) is 27.8. The van der Waals surface area contributed by atoms with Crippen molar-refractivity contribution < 1.29 is 0 Å². The molecule has 1 heterocycles. The minimum absolute atomic E-state index is 0.437. The lowest BCUT2D eigenvalue weighted by molar-refractivity contribution is 0.146. The molecule has 0 aliphatic heterocycles. The summed E-state index contributed by atoms with van der Waals surface area (Å²) in [4.78, 5) is 0.668. The van der Waals surface area contributed by atoms with Gasteiger partial charge in [-0.2, -0.15) is 5.10 Å². The van der Waals surface area contributed by atoms with Crippen molar-refractivity contribution in [2.45, 2.75) is 64.6 Å². The van der Waals surface area contributed by atoms with Crippen molar-refractivity contribution >= 4 is 15.9 Å². The monoisotopic (exact) mass is 340 g/mol. The number of aryl methyl sites for hydroxylation is 2. The van der Waals surface area contributed by atoms with Crippen molar-refractivity contribution in [2.24, 2.45) is 24.3 Å². The van der Waals surface area contributed by atoms with E-state index < -0.39 is 0 Å². The van der Waals surface area contributed by atoms with E-state index in [2.05, 4.69) is 66.5 Å². The molecule has 3 unspecified atom stereocenters. The van der Waals surface area contributed by atoms with E-state index in [4.69, 9.17) is 0 Å². The predicted octanol–water partition coefficient (Wildman–Crippen LogP) is 4.75. The van der Waals surface area contributed by atoms with E-state index in [-0.39, 0.29) is 0 Å². The molecule has 0 spiro atoms. The minimum atomic E-state index is 0.437. The minimum Gasteiger partial charge on any atom is -0.272 e. The second kappa shape index (κ2) is 6.21. The highest BCUT2D eigenvalue weighted by Crippen LogP contribution is 2.43. The predicted molar refractivity (Wildman–Crippen MR) is 89.3 cm³/mol. The number of halogens is 1. The van der Waals surface area contributed by atoms with Gasteiger partial charge in [-0.05, 0) is 55.4 Å². The largest absolute Gasteiger partial charge is 0.272 e. The Morgan fingerprint density at radius 1 is 1.35 bits per heavy atom. The third kappa shape index (κ3) is 3.66. The molecule has 2 nitrogen and oxygen atoms in total. The number of nitrogens with zero attached hydrogens (tertiary/aromatic N) is 2. The maximum atomic E-state index is 4.59. The molecule has 3 atom stereocenters. The lowest BCUT2D eigenvalue weighted by Gasteiger charge is -2.40. The molecular weight excluding hydrogens is 312 g/mol. The van der Waals surface area contributed by atoms with Gasteiger partial charge in [0.05, 0.1) is 5.69 Å². The van der Waals surface area contributed by atoms with Gasteiger partial charge in [0.15, 0.2) is 0 Å². The summed E-state index contributed by atoms with van der Waals surface area (Å²) in [5.74, 6) is 1.59. The van der Waals surface area contributed by atoms with Crippen molar-refractivity contribution in [3.8, 4) is 0 Å². The topological polar surface area (TPSA) is 17.8 Å². The quantitative estimate of drug-likeness (QED) is 0.726. The molecular formula is C17H29BrN2. The zero-order valence-corrected chi connectivity index (χ0v) is 15.2. The highest BCUT2D eigenvalue weighted by atomic mass is 79.9. The van der Waals surface area contributed by atoms with E-state index in [1.54, 1.807) is 0 Å². The van der Waals surface area contributed by atoms with Crippen LogP contribution in [0.15, 0.2) is 6.07 Å². The summed E-state index contributed by atoms with van der Waals surface area (Å²) in [6.07, 6.45) is 6.20. The van der Waals surface area contributed by atoms with Crippen LogP contribution < -0.4 is 0 Å². The van der Waals surface area contributed by atoms with Crippen LogP contribution in [-0.2, 0) is 19.9 Å². The molecule has 1 aliphatic rings. The molecule has 1 fully saturated rings. The Morgan fingerprint density at radius 3 is 2.60 bits per heavy atom. The van der Waals surface area contributed by atoms with Crippen LogP contribution in [0.4, 0.5) is 0 Å². The van der Waals surface area contributed by atoms with Crippen molar-refractivity contribution in [3.63, 3.8) is 0 Å². The van der Waals surface area contributed by atoms with E-state index in [0.29, 0.717) is 10.2 Å². The Kier molecular flexibility index (Phi) is 4.99. The molecule has 3 heteroatoms. The molecule has 0 amide bonds. The summed E-state index contributed by atoms with van der Waals surface area (Å²) in [5, 5.41) is 4.59. The molecule has 1 aromatic rings. The lowest BCUT2D eigenvalue weighted by atomic mass is 9.68. The summed E-state index contributed by atoms with van der Waals surface area (Å²) >= 11 is 3.93. The zero-order chi connectivity index (χ0) is 14.9. The maximum Gasteiger partial charge on any atom is 0.0624 e. The fourth-order valence-electron chi connectivity index (χ4n) is 3.43. The molecule has 2 rings (SSSR count). The van der Waals surface area contributed by atoms with Gasteiger partial charge in [-0.1, -0.05) is 43.6 Å². The van der Waals surface area contributed by atoms with Crippen molar-refractivity contribution in [2.75, 3.05) is 0 Å². The highest BCUT2D eigenvalue weighted by molar-refractivity contribution is 9.09. The van der Waals surface area contributed by atoms with Gasteiger partial charge < -0.3 is 0 Å². The number of hydrogen-bond donors (Lipinski definition) is 0. The number of rotatable bonds is 3. The first kappa shape index (κ1) is 16.1. The fourth-order valence-corrected chi connectivity index (χ4v) is 4.10. The summed E-state index contributed by atoms with van der Waals surface area (Å²) < 4.78 is 2.08. The first-order chi connectivity index (χ1) is 9.31. The standard InChI is InChI=1S/C17H29BrN2/c1-6-14-11-15(20(5)19-14)10-12-9-13(17(2,3)4)7-8-16(12)18/h11-13,16H,6-10H2,1-5H3. The molecule has 0 radical (unpaired) electrons. The Balaban J connectivity index is 2.08. The smallest absolute Gasteiger partial charge is 0.0624 e. The van der Waals surface area contributed by atoms with Crippen LogP contribution in [0.2, 0.25) is 0 Å². The van der Waals surface area contributed by atoms with Crippen LogP contribution in [0, 0.1) is 17.3 Å². The number of aromatic nitrogens is 2. The van der Waals surface area contributed by atoms with Crippen molar-refractivity contribution in [1.82, 2.24) is 9.78 Å². The molecule has 114 valence electrons. The molecule has 1 aliphatic carbocycles. The average Bonchev–Trinajstić information content (AvgIpc) is 2.71.